The van der Waals surface area contributed by atoms with Crippen molar-refractivity contribution in [1.82, 2.24) is 4.90 Å². The van der Waals surface area contributed by atoms with Crippen LogP contribution in [-0.4, -0.2) is 34.5 Å². The number of benzene rings is 2. The molecule has 3 rings (SSSR count). The summed E-state index contributed by atoms with van der Waals surface area (Å²) in [5.41, 5.74) is 2.21. The standard InChI is InChI=1S/C21H23NO3/c23-20(22-13-7-12-18(22)14-21(24)25)15-19(16-8-3-1-4-9-16)17-10-5-2-6-11-17/h1-6,8-11,18-19H,7,12-15H2,(H,24,25). The molecule has 1 N–H and O–H groups in total. The molecule has 4 heteroatoms. The zero-order valence-corrected chi connectivity index (χ0v) is 14.2. The summed E-state index contributed by atoms with van der Waals surface area (Å²) in [5.74, 6) is -0.810. The molecule has 25 heavy (non-hydrogen) atoms. The minimum absolute atomic E-state index is 0.0130. The Morgan fingerprint density at radius 2 is 1.56 bits per heavy atom. The first-order valence-electron chi connectivity index (χ1n) is 8.76. The summed E-state index contributed by atoms with van der Waals surface area (Å²) in [5, 5.41) is 9.07. The monoisotopic (exact) mass is 337 g/mol. The molecule has 0 aliphatic carbocycles. The third-order valence-electron chi connectivity index (χ3n) is 4.89. The fourth-order valence-electron chi connectivity index (χ4n) is 3.67. The van der Waals surface area contributed by atoms with Gasteiger partial charge in [0.15, 0.2) is 0 Å². The average molecular weight is 337 g/mol. The van der Waals surface area contributed by atoms with E-state index in [1.54, 1.807) is 4.90 Å². The van der Waals surface area contributed by atoms with Gasteiger partial charge in [0, 0.05) is 24.9 Å². The molecular weight excluding hydrogens is 314 g/mol. The molecular formula is C21H23NO3. The summed E-state index contributed by atoms with van der Waals surface area (Å²) in [6.07, 6.45) is 2.06. The Kier molecular flexibility index (Phi) is 5.49. The maximum Gasteiger partial charge on any atom is 0.305 e. The molecule has 0 saturated carbocycles. The van der Waals surface area contributed by atoms with Crippen LogP contribution in [-0.2, 0) is 9.59 Å². The molecule has 130 valence electrons. The van der Waals surface area contributed by atoms with Crippen molar-refractivity contribution in [2.45, 2.75) is 37.6 Å². The van der Waals surface area contributed by atoms with Crippen molar-refractivity contribution in [2.75, 3.05) is 6.54 Å². The third kappa shape index (κ3) is 4.27. The van der Waals surface area contributed by atoms with Crippen molar-refractivity contribution in [1.29, 1.82) is 0 Å². The fraction of sp³-hybridized carbons (Fsp3) is 0.333. The molecule has 1 unspecified atom stereocenters. The predicted octanol–water partition coefficient (Wildman–Crippen LogP) is 3.67. The maximum absolute atomic E-state index is 12.9. The second kappa shape index (κ2) is 7.97. The smallest absolute Gasteiger partial charge is 0.305 e. The van der Waals surface area contributed by atoms with Crippen LogP contribution in [0.1, 0.15) is 42.7 Å². The van der Waals surface area contributed by atoms with Gasteiger partial charge in [-0.2, -0.15) is 0 Å². The van der Waals surface area contributed by atoms with Gasteiger partial charge in [0.2, 0.25) is 5.91 Å². The minimum Gasteiger partial charge on any atom is -0.481 e. The quantitative estimate of drug-likeness (QED) is 0.875. The lowest BCUT2D eigenvalue weighted by molar-refractivity contribution is -0.139. The fourth-order valence-corrected chi connectivity index (χ4v) is 3.67. The number of hydrogen-bond donors (Lipinski definition) is 1. The highest BCUT2D eigenvalue weighted by Gasteiger charge is 2.31. The van der Waals surface area contributed by atoms with Crippen LogP contribution < -0.4 is 0 Å². The number of carbonyl (C=O) groups excluding carboxylic acids is 1. The highest BCUT2D eigenvalue weighted by molar-refractivity contribution is 5.79. The predicted molar refractivity (Wildman–Crippen MR) is 96.3 cm³/mol. The van der Waals surface area contributed by atoms with Crippen LogP contribution in [0.5, 0.6) is 0 Å². The Morgan fingerprint density at radius 3 is 2.08 bits per heavy atom. The molecule has 0 radical (unpaired) electrons. The van der Waals surface area contributed by atoms with E-state index >= 15 is 0 Å². The lowest BCUT2D eigenvalue weighted by Crippen LogP contribution is -2.37. The molecule has 1 fully saturated rings. The van der Waals surface area contributed by atoms with Gasteiger partial charge in [-0.05, 0) is 24.0 Å². The number of carboxylic acids is 1. The van der Waals surface area contributed by atoms with Gasteiger partial charge in [-0.1, -0.05) is 60.7 Å². The van der Waals surface area contributed by atoms with E-state index in [-0.39, 0.29) is 24.3 Å². The van der Waals surface area contributed by atoms with Crippen molar-refractivity contribution < 1.29 is 14.7 Å². The van der Waals surface area contributed by atoms with Gasteiger partial charge >= 0.3 is 5.97 Å². The second-order valence-corrected chi connectivity index (χ2v) is 6.56. The zero-order valence-electron chi connectivity index (χ0n) is 14.2. The number of carbonyl (C=O) groups is 2. The average Bonchev–Trinajstić information content (AvgIpc) is 3.08. The van der Waals surface area contributed by atoms with Gasteiger partial charge in [0.25, 0.3) is 0 Å². The molecule has 2 aromatic carbocycles. The Labute approximate surface area is 148 Å². The van der Waals surface area contributed by atoms with E-state index < -0.39 is 5.97 Å². The zero-order chi connectivity index (χ0) is 17.6. The molecule has 4 nitrogen and oxygen atoms in total. The lowest BCUT2D eigenvalue weighted by atomic mass is 9.88. The molecule has 2 aromatic rings. The number of aliphatic carboxylic acids is 1. The van der Waals surface area contributed by atoms with Crippen molar-refractivity contribution in [3.05, 3.63) is 71.8 Å². The van der Waals surface area contributed by atoms with Gasteiger partial charge in [-0.15, -0.1) is 0 Å². The summed E-state index contributed by atoms with van der Waals surface area (Å²) < 4.78 is 0. The number of likely N-dealkylation sites (tertiary alicyclic amines) is 1. The molecule has 1 aliphatic rings. The third-order valence-corrected chi connectivity index (χ3v) is 4.89. The van der Waals surface area contributed by atoms with Crippen molar-refractivity contribution in [2.24, 2.45) is 0 Å². The molecule has 0 aromatic heterocycles. The van der Waals surface area contributed by atoms with Crippen LogP contribution in [0.25, 0.3) is 0 Å². The van der Waals surface area contributed by atoms with Gasteiger partial charge in [-0.25, -0.2) is 0 Å². The van der Waals surface area contributed by atoms with Crippen LogP contribution in [0.4, 0.5) is 0 Å². The number of carboxylic acid groups (broad SMARTS) is 1. The molecule has 1 saturated heterocycles. The van der Waals surface area contributed by atoms with E-state index in [4.69, 9.17) is 5.11 Å². The number of amides is 1. The van der Waals surface area contributed by atoms with Crippen LogP contribution in [0.15, 0.2) is 60.7 Å². The highest BCUT2D eigenvalue weighted by atomic mass is 16.4. The van der Waals surface area contributed by atoms with Gasteiger partial charge < -0.3 is 10.0 Å². The van der Waals surface area contributed by atoms with Crippen LogP contribution in [0.3, 0.4) is 0 Å². The molecule has 0 spiro atoms. The summed E-state index contributed by atoms with van der Waals surface area (Å²) in [7, 11) is 0. The van der Waals surface area contributed by atoms with Crippen molar-refractivity contribution in [3.63, 3.8) is 0 Å². The SMILES string of the molecule is O=C(O)CC1CCCN1C(=O)CC(c1ccccc1)c1ccccc1. The molecule has 1 atom stereocenters. The number of rotatable bonds is 6. The Balaban J connectivity index is 1.81. The molecule has 1 heterocycles. The topological polar surface area (TPSA) is 57.6 Å². The molecule has 1 aliphatic heterocycles. The van der Waals surface area contributed by atoms with E-state index in [0.29, 0.717) is 13.0 Å². The van der Waals surface area contributed by atoms with Crippen LogP contribution >= 0.6 is 0 Å². The van der Waals surface area contributed by atoms with Crippen molar-refractivity contribution in [3.8, 4) is 0 Å². The van der Waals surface area contributed by atoms with Gasteiger partial charge in [-0.3, -0.25) is 9.59 Å². The number of nitrogens with zero attached hydrogens (tertiary/aromatic N) is 1. The van der Waals surface area contributed by atoms with E-state index in [9.17, 15) is 9.59 Å². The van der Waals surface area contributed by atoms with Crippen molar-refractivity contribution >= 4 is 11.9 Å². The van der Waals surface area contributed by atoms with E-state index in [1.165, 1.54) is 0 Å². The first-order valence-corrected chi connectivity index (χ1v) is 8.76. The first kappa shape index (κ1) is 17.2. The van der Waals surface area contributed by atoms with E-state index in [2.05, 4.69) is 0 Å². The summed E-state index contributed by atoms with van der Waals surface area (Å²) in [6.45, 7) is 0.660. The lowest BCUT2D eigenvalue weighted by Gasteiger charge is -2.26. The van der Waals surface area contributed by atoms with Crippen LogP contribution in [0, 0.1) is 0 Å². The van der Waals surface area contributed by atoms with Crippen LogP contribution in [0.2, 0.25) is 0 Å². The van der Waals surface area contributed by atoms with Gasteiger partial charge in [0.05, 0.1) is 6.42 Å². The molecule has 0 bridgehead atoms. The summed E-state index contributed by atoms with van der Waals surface area (Å²) >= 11 is 0. The number of hydrogen-bond acceptors (Lipinski definition) is 2. The largest absolute Gasteiger partial charge is 0.481 e. The maximum atomic E-state index is 12.9. The molecule has 1 amide bonds. The van der Waals surface area contributed by atoms with Gasteiger partial charge in [0.1, 0.15) is 0 Å². The van der Waals surface area contributed by atoms with E-state index in [1.807, 2.05) is 60.7 Å². The summed E-state index contributed by atoms with van der Waals surface area (Å²) in [6, 6.07) is 19.9. The normalized spacial score (nSPS) is 17.0. The Bertz CT molecular complexity index is 675. The Hall–Kier alpha value is -2.62. The second-order valence-electron chi connectivity index (χ2n) is 6.56. The summed E-state index contributed by atoms with van der Waals surface area (Å²) in [4.78, 5) is 25.7. The first-order chi connectivity index (χ1) is 12.1. The minimum atomic E-state index is -0.840. The Morgan fingerprint density at radius 1 is 1.00 bits per heavy atom. The van der Waals surface area contributed by atoms with E-state index in [0.717, 1.165) is 24.0 Å². The highest BCUT2D eigenvalue weighted by Crippen LogP contribution is 2.30.